The van der Waals surface area contributed by atoms with Crippen LogP contribution in [0.15, 0.2) is 46.9 Å². The number of rotatable bonds is 2. The highest BCUT2D eigenvalue weighted by molar-refractivity contribution is 9.10. The monoisotopic (exact) mass is 374 g/mol. The van der Waals surface area contributed by atoms with Gasteiger partial charge < -0.3 is 9.64 Å². The van der Waals surface area contributed by atoms with E-state index in [0.717, 1.165) is 22.1 Å². The number of halogens is 1. The Morgan fingerprint density at radius 1 is 1.22 bits per heavy atom. The number of carbonyl (C=O) groups is 2. The minimum Gasteiger partial charge on any atom is -0.410 e. The maximum Gasteiger partial charge on any atom is 0.417 e. The van der Waals surface area contributed by atoms with Gasteiger partial charge in [0, 0.05) is 17.9 Å². The Kier molecular flexibility index (Phi) is 4.34. The molecule has 1 N–H and O–H groups in total. The van der Waals surface area contributed by atoms with Crippen LogP contribution in [-0.2, 0) is 11.2 Å². The lowest BCUT2D eigenvalue weighted by atomic mass is 10.1. The van der Waals surface area contributed by atoms with Crippen molar-refractivity contribution >= 4 is 39.3 Å². The zero-order valence-corrected chi connectivity index (χ0v) is 14.1. The normalized spacial score (nSPS) is 12.7. The third-order valence-electron chi connectivity index (χ3n) is 3.60. The van der Waals surface area contributed by atoms with Crippen LogP contribution in [0.1, 0.15) is 12.5 Å². The smallest absolute Gasteiger partial charge is 0.410 e. The lowest BCUT2D eigenvalue weighted by Crippen LogP contribution is -2.27. The van der Waals surface area contributed by atoms with E-state index in [0.29, 0.717) is 18.0 Å². The van der Waals surface area contributed by atoms with Crippen LogP contribution in [0, 0.1) is 0 Å². The van der Waals surface area contributed by atoms with E-state index in [2.05, 4.69) is 21.2 Å². The largest absolute Gasteiger partial charge is 0.417 e. The summed E-state index contributed by atoms with van der Waals surface area (Å²) in [5, 5.41) is 2.73. The van der Waals surface area contributed by atoms with Crippen LogP contribution in [0.4, 0.5) is 16.2 Å². The van der Waals surface area contributed by atoms with Crippen molar-refractivity contribution in [1.82, 2.24) is 0 Å². The van der Waals surface area contributed by atoms with E-state index < -0.39 is 6.09 Å². The predicted octanol–water partition coefficient (Wildman–Crippen LogP) is 3.97. The van der Waals surface area contributed by atoms with Crippen molar-refractivity contribution in [2.24, 2.45) is 0 Å². The van der Waals surface area contributed by atoms with E-state index >= 15 is 0 Å². The van der Waals surface area contributed by atoms with Crippen molar-refractivity contribution in [3.63, 3.8) is 0 Å². The van der Waals surface area contributed by atoms with E-state index in [-0.39, 0.29) is 5.91 Å². The highest BCUT2D eigenvalue weighted by atomic mass is 79.9. The van der Waals surface area contributed by atoms with Crippen molar-refractivity contribution < 1.29 is 14.3 Å². The molecular weight excluding hydrogens is 360 g/mol. The molecule has 0 radical (unpaired) electrons. The van der Waals surface area contributed by atoms with Gasteiger partial charge >= 0.3 is 6.09 Å². The first-order valence-electron chi connectivity index (χ1n) is 7.19. The van der Waals surface area contributed by atoms with Crippen molar-refractivity contribution in [2.75, 3.05) is 16.8 Å². The number of hydrogen-bond donors (Lipinski definition) is 1. The van der Waals surface area contributed by atoms with E-state index in [1.165, 1.54) is 6.92 Å². The molecule has 0 fully saturated rings. The second-order valence-electron chi connectivity index (χ2n) is 5.21. The van der Waals surface area contributed by atoms with E-state index in [1.807, 2.05) is 12.1 Å². The molecule has 2 amide bonds. The van der Waals surface area contributed by atoms with Gasteiger partial charge in [-0.2, -0.15) is 0 Å². The third kappa shape index (κ3) is 3.37. The number of anilines is 2. The molecule has 0 aliphatic carbocycles. The van der Waals surface area contributed by atoms with E-state index in [9.17, 15) is 9.59 Å². The molecule has 2 aromatic rings. The Hall–Kier alpha value is -2.34. The molecule has 1 aliphatic rings. The molecule has 118 valence electrons. The number of para-hydroxylation sites is 1. The van der Waals surface area contributed by atoms with Crippen molar-refractivity contribution in [3.05, 3.63) is 52.5 Å². The van der Waals surface area contributed by atoms with Gasteiger partial charge in [0.25, 0.3) is 0 Å². The third-order valence-corrected chi connectivity index (χ3v) is 4.06. The molecular formula is C17H15BrN2O3. The second kappa shape index (κ2) is 6.42. The van der Waals surface area contributed by atoms with Crippen LogP contribution in [0.2, 0.25) is 0 Å². The number of nitrogens with one attached hydrogen (secondary N) is 1. The summed E-state index contributed by atoms with van der Waals surface area (Å²) in [6.45, 7) is 2.13. The zero-order chi connectivity index (χ0) is 16.4. The van der Waals surface area contributed by atoms with Crippen LogP contribution in [0.5, 0.6) is 5.75 Å². The Morgan fingerprint density at radius 2 is 1.96 bits per heavy atom. The number of amides is 2. The first kappa shape index (κ1) is 15.6. The van der Waals surface area contributed by atoms with Gasteiger partial charge in [0.2, 0.25) is 5.91 Å². The fraction of sp³-hybridized carbons (Fsp3) is 0.176. The highest BCUT2D eigenvalue weighted by Gasteiger charge is 2.26. The van der Waals surface area contributed by atoms with Crippen molar-refractivity contribution in [3.8, 4) is 5.75 Å². The van der Waals surface area contributed by atoms with Crippen LogP contribution in [0.3, 0.4) is 0 Å². The Bertz CT molecular complexity index is 762. The molecule has 1 aliphatic heterocycles. The lowest BCUT2D eigenvalue weighted by molar-refractivity contribution is -0.116. The van der Waals surface area contributed by atoms with E-state index in [4.69, 9.17) is 4.74 Å². The number of nitrogens with zero attached hydrogens (tertiary/aromatic N) is 1. The fourth-order valence-electron chi connectivity index (χ4n) is 2.65. The maximum atomic E-state index is 12.1. The molecule has 5 nitrogen and oxygen atoms in total. The van der Waals surface area contributed by atoms with E-state index in [1.54, 1.807) is 35.2 Å². The molecule has 6 heteroatoms. The summed E-state index contributed by atoms with van der Waals surface area (Å²) in [5.74, 6) is 0.408. The number of hydrogen-bond acceptors (Lipinski definition) is 3. The van der Waals surface area contributed by atoms with Gasteiger partial charge in [-0.15, -0.1) is 0 Å². The predicted molar refractivity (Wildman–Crippen MR) is 92.0 cm³/mol. The van der Waals surface area contributed by atoms with Crippen molar-refractivity contribution in [1.29, 1.82) is 0 Å². The van der Waals surface area contributed by atoms with Gasteiger partial charge in [0.05, 0.1) is 11.4 Å². The van der Waals surface area contributed by atoms with Crippen LogP contribution < -0.4 is 15.0 Å². The summed E-state index contributed by atoms with van der Waals surface area (Å²) in [5.41, 5.74) is 2.32. The number of carbonyl (C=O) groups excluding carboxylic acids is 2. The molecule has 23 heavy (non-hydrogen) atoms. The van der Waals surface area contributed by atoms with Gasteiger partial charge in [-0.05, 0) is 36.2 Å². The molecule has 0 saturated carbocycles. The fourth-order valence-corrected chi connectivity index (χ4v) is 3.16. The SMILES string of the molecule is CC(=O)N1CCc2cc(Br)cc(NC(=O)Oc3ccccc3)c21. The van der Waals surface area contributed by atoms with Gasteiger partial charge in [0.1, 0.15) is 5.75 Å². The summed E-state index contributed by atoms with van der Waals surface area (Å²) in [4.78, 5) is 25.6. The zero-order valence-electron chi connectivity index (χ0n) is 12.5. The molecule has 0 unspecified atom stereocenters. The minimum atomic E-state index is -0.591. The summed E-state index contributed by atoms with van der Waals surface area (Å²) < 4.78 is 6.09. The molecule has 0 bridgehead atoms. The Morgan fingerprint density at radius 3 is 2.65 bits per heavy atom. The minimum absolute atomic E-state index is 0.0504. The standard InChI is InChI=1S/C17H15BrN2O3/c1-11(21)20-8-7-12-9-13(18)10-15(16(12)20)19-17(22)23-14-5-3-2-4-6-14/h2-6,9-10H,7-8H2,1H3,(H,19,22). The quantitative estimate of drug-likeness (QED) is 0.864. The number of fused-ring (bicyclic) bond motifs is 1. The average molecular weight is 375 g/mol. The molecule has 0 saturated heterocycles. The Balaban J connectivity index is 1.85. The first-order chi connectivity index (χ1) is 11.0. The summed E-state index contributed by atoms with van der Waals surface area (Å²) in [7, 11) is 0. The topological polar surface area (TPSA) is 58.6 Å². The maximum absolute atomic E-state index is 12.1. The number of benzene rings is 2. The van der Waals surface area contributed by atoms with Crippen LogP contribution in [0.25, 0.3) is 0 Å². The second-order valence-corrected chi connectivity index (χ2v) is 6.12. The lowest BCUT2D eigenvalue weighted by Gasteiger charge is -2.19. The average Bonchev–Trinajstić information content (AvgIpc) is 2.92. The molecule has 0 aromatic heterocycles. The van der Waals surface area contributed by atoms with Crippen LogP contribution in [-0.4, -0.2) is 18.5 Å². The summed E-state index contributed by atoms with van der Waals surface area (Å²) >= 11 is 3.43. The number of ether oxygens (including phenoxy) is 1. The molecule has 2 aromatic carbocycles. The Labute approximate surface area is 142 Å². The molecule has 0 spiro atoms. The van der Waals surface area contributed by atoms with Gasteiger partial charge in [-0.1, -0.05) is 34.1 Å². The van der Waals surface area contributed by atoms with Crippen molar-refractivity contribution in [2.45, 2.75) is 13.3 Å². The van der Waals surface area contributed by atoms with Crippen LogP contribution >= 0.6 is 15.9 Å². The first-order valence-corrected chi connectivity index (χ1v) is 7.98. The highest BCUT2D eigenvalue weighted by Crippen LogP contribution is 2.38. The van der Waals surface area contributed by atoms with Gasteiger partial charge in [0.15, 0.2) is 0 Å². The summed E-state index contributed by atoms with van der Waals surface area (Å²) in [6.07, 6.45) is 0.170. The van der Waals surface area contributed by atoms with Gasteiger partial charge in [-0.25, -0.2) is 4.79 Å². The van der Waals surface area contributed by atoms with Gasteiger partial charge in [-0.3, -0.25) is 10.1 Å². The summed E-state index contributed by atoms with van der Waals surface area (Å²) in [6, 6.07) is 12.6. The molecule has 3 rings (SSSR count). The molecule has 0 atom stereocenters. The molecule has 1 heterocycles.